The van der Waals surface area contributed by atoms with Crippen molar-refractivity contribution in [3.8, 4) is 0 Å². The molecule has 134 valence electrons. The molecule has 26 heavy (non-hydrogen) atoms. The molecule has 1 amide bonds. The standard InChI is InChI=1S/C20H21FN4O/c21-17-6-2-1-5-15(17)8-9-19(26)24-13-10-16(11-14-24)20-23-22-18-7-3-4-12-25(18)20/h1-7,12,16H,8-11,13-14H2. The minimum absolute atomic E-state index is 0.0952. The van der Waals surface area contributed by atoms with Gasteiger partial charge in [-0.25, -0.2) is 4.39 Å². The Labute approximate surface area is 151 Å². The minimum Gasteiger partial charge on any atom is -0.343 e. The number of aromatic nitrogens is 3. The number of carbonyl (C=O) groups is 1. The van der Waals surface area contributed by atoms with Crippen LogP contribution in [0.25, 0.3) is 5.65 Å². The second kappa shape index (κ2) is 7.23. The molecule has 0 atom stereocenters. The van der Waals surface area contributed by atoms with Gasteiger partial charge in [0.15, 0.2) is 5.65 Å². The van der Waals surface area contributed by atoms with Crippen molar-refractivity contribution in [3.63, 3.8) is 0 Å². The third-order valence-electron chi connectivity index (χ3n) is 5.12. The van der Waals surface area contributed by atoms with Crippen LogP contribution >= 0.6 is 0 Å². The summed E-state index contributed by atoms with van der Waals surface area (Å²) in [6, 6.07) is 12.5. The van der Waals surface area contributed by atoms with Crippen molar-refractivity contribution in [2.24, 2.45) is 0 Å². The van der Waals surface area contributed by atoms with Crippen molar-refractivity contribution in [2.45, 2.75) is 31.6 Å². The molecule has 0 N–H and O–H groups in total. The molecule has 1 aliphatic heterocycles. The van der Waals surface area contributed by atoms with E-state index in [0.29, 0.717) is 37.4 Å². The smallest absolute Gasteiger partial charge is 0.222 e. The lowest BCUT2D eigenvalue weighted by Gasteiger charge is -2.31. The fourth-order valence-electron chi connectivity index (χ4n) is 3.63. The van der Waals surface area contributed by atoms with E-state index in [9.17, 15) is 9.18 Å². The summed E-state index contributed by atoms with van der Waals surface area (Å²) in [4.78, 5) is 14.3. The third kappa shape index (κ3) is 3.31. The van der Waals surface area contributed by atoms with Crippen LogP contribution in [0.4, 0.5) is 4.39 Å². The Hall–Kier alpha value is -2.76. The number of halogens is 1. The van der Waals surface area contributed by atoms with Gasteiger partial charge in [0.1, 0.15) is 11.6 Å². The summed E-state index contributed by atoms with van der Waals surface area (Å²) in [6.07, 6.45) is 4.53. The minimum atomic E-state index is -0.238. The Morgan fingerprint density at radius 3 is 2.65 bits per heavy atom. The summed E-state index contributed by atoms with van der Waals surface area (Å²) < 4.78 is 15.7. The molecule has 0 spiro atoms. The molecule has 5 nitrogen and oxygen atoms in total. The molecule has 0 aliphatic carbocycles. The van der Waals surface area contributed by atoms with Crippen molar-refractivity contribution in [2.75, 3.05) is 13.1 Å². The van der Waals surface area contributed by atoms with E-state index in [1.165, 1.54) is 6.07 Å². The summed E-state index contributed by atoms with van der Waals surface area (Å²) in [5.74, 6) is 1.14. The highest BCUT2D eigenvalue weighted by Crippen LogP contribution is 2.27. The van der Waals surface area contributed by atoms with Gasteiger partial charge in [0, 0.05) is 31.6 Å². The topological polar surface area (TPSA) is 50.5 Å². The highest BCUT2D eigenvalue weighted by Gasteiger charge is 2.26. The fourth-order valence-corrected chi connectivity index (χ4v) is 3.63. The molecule has 1 fully saturated rings. The van der Waals surface area contributed by atoms with Crippen LogP contribution in [0.2, 0.25) is 0 Å². The lowest BCUT2D eigenvalue weighted by atomic mass is 9.95. The van der Waals surface area contributed by atoms with E-state index in [-0.39, 0.29) is 11.7 Å². The summed E-state index contributed by atoms with van der Waals surface area (Å²) in [7, 11) is 0. The van der Waals surface area contributed by atoms with Gasteiger partial charge in [0.05, 0.1) is 0 Å². The first kappa shape index (κ1) is 16.7. The number of carbonyl (C=O) groups excluding carboxylic acids is 1. The number of fused-ring (bicyclic) bond motifs is 1. The van der Waals surface area contributed by atoms with Crippen LogP contribution in [0.15, 0.2) is 48.7 Å². The number of piperidine rings is 1. The maximum atomic E-state index is 13.7. The molecule has 3 heterocycles. The highest BCUT2D eigenvalue weighted by atomic mass is 19.1. The first-order valence-corrected chi connectivity index (χ1v) is 9.03. The Kier molecular flexibility index (Phi) is 4.65. The Bertz CT molecular complexity index is 915. The molecule has 4 rings (SSSR count). The zero-order valence-electron chi connectivity index (χ0n) is 14.5. The molecule has 0 bridgehead atoms. The van der Waals surface area contributed by atoms with Crippen LogP contribution in [0.1, 0.15) is 36.6 Å². The summed E-state index contributed by atoms with van der Waals surface area (Å²) in [5.41, 5.74) is 1.46. The van der Waals surface area contributed by atoms with Gasteiger partial charge in [-0.2, -0.15) is 0 Å². The number of hydrogen-bond donors (Lipinski definition) is 0. The van der Waals surface area contributed by atoms with E-state index in [1.54, 1.807) is 18.2 Å². The molecule has 0 saturated carbocycles. The van der Waals surface area contributed by atoms with Gasteiger partial charge in [-0.3, -0.25) is 9.20 Å². The Morgan fingerprint density at radius 2 is 1.85 bits per heavy atom. The zero-order valence-corrected chi connectivity index (χ0v) is 14.5. The number of likely N-dealkylation sites (tertiary alicyclic amines) is 1. The number of benzene rings is 1. The van der Waals surface area contributed by atoms with Crippen LogP contribution in [0, 0.1) is 5.82 Å². The SMILES string of the molecule is O=C(CCc1ccccc1F)N1CCC(c2nnc3ccccn23)CC1. The summed E-state index contributed by atoms with van der Waals surface area (Å²) in [6.45, 7) is 1.42. The van der Waals surface area contributed by atoms with Gasteiger partial charge in [-0.05, 0) is 43.0 Å². The van der Waals surface area contributed by atoms with Gasteiger partial charge in [-0.1, -0.05) is 24.3 Å². The number of rotatable bonds is 4. The normalized spacial score (nSPS) is 15.5. The molecule has 1 aromatic carbocycles. The number of aryl methyl sites for hydroxylation is 1. The number of nitrogens with zero attached hydrogens (tertiary/aromatic N) is 4. The largest absolute Gasteiger partial charge is 0.343 e. The number of amides is 1. The van der Waals surface area contributed by atoms with Gasteiger partial charge in [0.25, 0.3) is 0 Å². The monoisotopic (exact) mass is 352 g/mol. The number of pyridine rings is 1. The zero-order chi connectivity index (χ0) is 17.9. The predicted molar refractivity (Wildman–Crippen MR) is 96.3 cm³/mol. The second-order valence-electron chi connectivity index (χ2n) is 6.73. The molecule has 6 heteroatoms. The van der Waals surface area contributed by atoms with Gasteiger partial charge in [0.2, 0.25) is 5.91 Å². The van der Waals surface area contributed by atoms with Gasteiger partial charge < -0.3 is 4.90 Å². The quantitative estimate of drug-likeness (QED) is 0.724. The predicted octanol–water partition coefficient (Wildman–Crippen LogP) is 3.21. The maximum Gasteiger partial charge on any atom is 0.222 e. The van der Waals surface area contributed by atoms with E-state index in [1.807, 2.05) is 33.7 Å². The maximum absolute atomic E-state index is 13.7. The van der Waals surface area contributed by atoms with Crippen LogP contribution in [0.3, 0.4) is 0 Å². The van der Waals surface area contributed by atoms with Gasteiger partial charge in [-0.15, -0.1) is 10.2 Å². The van der Waals surface area contributed by atoms with Crippen LogP contribution in [-0.2, 0) is 11.2 Å². The number of hydrogen-bond acceptors (Lipinski definition) is 3. The molecule has 2 aromatic heterocycles. The molecule has 0 radical (unpaired) electrons. The van der Waals surface area contributed by atoms with E-state index >= 15 is 0 Å². The van der Waals surface area contributed by atoms with Gasteiger partial charge >= 0.3 is 0 Å². The van der Waals surface area contributed by atoms with E-state index in [0.717, 1.165) is 24.3 Å². The molecular weight excluding hydrogens is 331 g/mol. The molecule has 0 unspecified atom stereocenters. The second-order valence-corrected chi connectivity index (χ2v) is 6.73. The molecule has 1 aliphatic rings. The first-order chi connectivity index (χ1) is 12.7. The average molecular weight is 352 g/mol. The van der Waals surface area contributed by atoms with Crippen molar-refractivity contribution in [1.82, 2.24) is 19.5 Å². The average Bonchev–Trinajstić information content (AvgIpc) is 3.11. The van der Waals surface area contributed by atoms with Crippen molar-refractivity contribution in [3.05, 3.63) is 65.9 Å². The van der Waals surface area contributed by atoms with Crippen LogP contribution in [-0.4, -0.2) is 38.5 Å². The highest BCUT2D eigenvalue weighted by molar-refractivity contribution is 5.76. The summed E-state index contributed by atoms with van der Waals surface area (Å²) in [5, 5.41) is 8.56. The fraction of sp³-hybridized carbons (Fsp3) is 0.350. The van der Waals surface area contributed by atoms with E-state index < -0.39 is 0 Å². The lowest BCUT2D eigenvalue weighted by molar-refractivity contribution is -0.132. The van der Waals surface area contributed by atoms with Crippen LogP contribution < -0.4 is 0 Å². The first-order valence-electron chi connectivity index (χ1n) is 9.03. The summed E-state index contributed by atoms with van der Waals surface area (Å²) >= 11 is 0. The van der Waals surface area contributed by atoms with Crippen LogP contribution in [0.5, 0.6) is 0 Å². The van der Waals surface area contributed by atoms with E-state index in [4.69, 9.17) is 0 Å². The Balaban J connectivity index is 1.34. The molecule has 1 saturated heterocycles. The Morgan fingerprint density at radius 1 is 1.08 bits per heavy atom. The van der Waals surface area contributed by atoms with E-state index in [2.05, 4.69) is 10.2 Å². The third-order valence-corrected chi connectivity index (χ3v) is 5.12. The molecule has 3 aromatic rings. The van der Waals surface area contributed by atoms with Crippen molar-refractivity contribution < 1.29 is 9.18 Å². The molecular formula is C20H21FN4O. The van der Waals surface area contributed by atoms with Crippen molar-refractivity contribution >= 4 is 11.6 Å². The lowest BCUT2D eigenvalue weighted by Crippen LogP contribution is -2.38. The van der Waals surface area contributed by atoms with Crippen molar-refractivity contribution in [1.29, 1.82) is 0 Å².